The molecule has 0 saturated heterocycles. The second kappa shape index (κ2) is 4.94. The van der Waals surface area contributed by atoms with Crippen molar-refractivity contribution in [2.75, 3.05) is 5.32 Å². The number of nitrogens with one attached hydrogen (secondary N) is 2. The van der Waals surface area contributed by atoms with E-state index in [1.54, 1.807) is 12.3 Å². The Morgan fingerprint density at radius 1 is 1.45 bits per heavy atom. The molecule has 20 heavy (non-hydrogen) atoms. The molecule has 1 radical (unpaired) electrons. The van der Waals surface area contributed by atoms with E-state index in [-0.39, 0.29) is 10.6 Å². The topological polar surface area (TPSA) is 57.8 Å². The van der Waals surface area contributed by atoms with Crippen LogP contribution < -0.4 is 5.32 Å². The van der Waals surface area contributed by atoms with Gasteiger partial charge in [-0.05, 0) is 24.3 Å². The highest BCUT2D eigenvalue weighted by Crippen LogP contribution is 2.20. The number of carbonyl (C=O) groups is 1. The van der Waals surface area contributed by atoms with Crippen molar-refractivity contribution in [1.82, 2.24) is 9.97 Å². The molecule has 2 heterocycles. The van der Waals surface area contributed by atoms with Crippen molar-refractivity contribution in [2.24, 2.45) is 0 Å². The van der Waals surface area contributed by atoms with E-state index in [0.717, 1.165) is 17.1 Å². The second-order valence-electron chi connectivity index (χ2n) is 4.14. The predicted octanol–water partition coefficient (Wildman–Crippen LogP) is 3.41. The normalized spacial score (nSPS) is 10.7. The third kappa shape index (κ3) is 2.35. The molecule has 1 aromatic carbocycles. The Morgan fingerprint density at radius 2 is 2.30 bits per heavy atom. The van der Waals surface area contributed by atoms with Crippen LogP contribution in [-0.2, 0) is 0 Å². The zero-order valence-corrected chi connectivity index (χ0v) is 10.8. The van der Waals surface area contributed by atoms with Crippen LogP contribution in [0.5, 0.6) is 0 Å². The molecule has 2 aromatic heterocycles. The lowest BCUT2D eigenvalue weighted by molar-refractivity contribution is 0.102. The van der Waals surface area contributed by atoms with Crippen molar-refractivity contribution in [2.45, 2.75) is 0 Å². The first kappa shape index (κ1) is 12.6. The van der Waals surface area contributed by atoms with E-state index >= 15 is 0 Å². The Balaban J connectivity index is 1.87. The fraction of sp³-hybridized carbons (Fsp3) is 0. The number of pyridine rings is 1. The molecule has 0 unspecified atom stereocenters. The molecule has 0 fully saturated rings. The first-order valence-electron chi connectivity index (χ1n) is 5.75. The highest BCUT2D eigenvalue weighted by Gasteiger charge is 2.12. The molecule has 0 aliphatic rings. The van der Waals surface area contributed by atoms with Gasteiger partial charge in [0.25, 0.3) is 5.91 Å². The maximum Gasteiger partial charge on any atom is 0.257 e. The van der Waals surface area contributed by atoms with Gasteiger partial charge in [0, 0.05) is 17.6 Å². The van der Waals surface area contributed by atoms with Crippen molar-refractivity contribution >= 4 is 34.2 Å². The number of nitrogens with zero attached hydrogens (tertiary/aromatic N) is 1. The fourth-order valence-electron chi connectivity index (χ4n) is 1.82. The van der Waals surface area contributed by atoms with Crippen LogP contribution in [0.1, 0.15) is 10.4 Å². The van der Waals surface area contributed by atoms with E-state index in [1.807, 2.05) is 6.07 Å². The highest BCUT2D eigenvalue weighted by molar-refractivity contribution is 6.34. The number of aromatic amines is 1. The van der Waals surface area contributed by atoms with Gasteiger partial charge in [0.1, 0.15) is 11.5 Å². The summed E-state index contributed by atoms with van der Waals surface area (Å²) in [6, 6.07) is 8.18. The number of H-pyrrole nitrogens is 1. The molecule has 0 aliphatic carbocycles. The molecule has 2 N–H and O–H groups in total. The number of benzene rings is 1. The molecule has 0 spiro atoms. The summed E-state index contributed by atoms with van der Waals surface area (Å²) in [4.78, 5) is 19.2. The summed E-state index contributed by atoms with van der Waals surface area (Å²) in [6.07, 6.45) is 3.28. The Bertz CT molecular complexity index is 800. The summed E-state index contributed by atoms with van der Waals surface area (Å²) in [5.74, 6) is -1.05. The molecular weight excluding hydrogens is 281 g/mol. The number of anilines is 1. The summed E-state index contributed by atoms with van der Waals surface area (Å²) in [5, 5.41) is 3.57. The molecule has 4 nitrogen and oxygen atoms in total. The van der Waals surface area contributed by atoms with Crippen LogP contribution >= 0.6 is 11.6 Å². The third-order valence-electron chi connectivity index (χ3n) is 2.77. The quantitative estimate of drug-likeness (QED) is 0.759. The second-order valence-corrected chi connectivity index (χ2v) is 4.54. The van der Waals surface area contributed by atoms with Crippen molar-refractivity contribution in [3.8, 4) is 0 Å². The number of hydrogen-bond acceptors (Lipinski definition) is 2. The van der Waals surface area contributed by atoms with Crippen LogP contribution in [0.2, 0.25) is 5.02 Å². The van der Waals surface area contributed by atoms with Crippen LogP contribution in [0.4, 0.5) is 10.1 Å². The molecule has 0 saturated carbocycles. The smallest absolute Gasteiger partial charge is 0.257 e. The lowest BCUT2D eigenvalue weighted by Gasteiger charge is -2.06. The van der Waals surface area contributed by atoms with Crippen LogP contribution in [0.25, 0.3) is 11.0 Å². The zero-order chi connectivity index (χ0) is 14.1. The van der Waals surface area contributed by atoms with Gasteiger partial charge in [-0.3, -0.25) is 4.79 Å². The van der Waals surface area contributed by atoms with Crippen LogP contribution in [-0.4, -0.2) is 15.9 Å². The van der Waals surface area contributed by atoms with Crippen LogP contribution in [0.15, 0.2) is 36.7 Å². The minimum absolute atomic E-state index is 0.0365. The molecule has 0 atom stereocenters. The molecule has 0 aliphatic heterocycles. The van der Waals surface area contributed by atoms with Crippen molar-refractivity contribution in [3.63, 3.8) is 0 Å². The van der Waals surface area contributed by atoms with E-state index in [0.29, 0.717) is 5.69 Å². The van der Waals surface area contributed by atoms with E-state index in [1.165, 1.54) is 12.3 Å². The monoisotopic (exact) mass is 288 g/mol. The Labute approximate surface area is 118 Å². The third-order valence-corrected chi connectivity index (χ3v) is 3.08. The molecule has 1 amide bonds. The molecule has 3 rings (SSSR count). The lowest BCUT2D eigenvalue weighted by Crippen LogP contribution is -2.12. The van der Waals surface area contributed by atoms with E-state index < -0.39 is 11.7 Å². The van der Waals surface area contributed by atoms with Gasteiger partial charge in [0.15, 0.2) is 0 Å². The van der Waals surface area contributed by atoms with Crippen LogP contribution in [0, 0.1) is 11.9 Å². The Hall–Kier alpha value is -2.40. The molecule has 6 heteroatoms. The number of fused-ring (bicyclic) bond motifs is 1. The average molecular weight is 289 g/mol. The number of amides is 1. The Morgan fingerprint density at radius 3 is 3.10 bits per heavy atom. The summed E-state index contributed by atoms with van der Waals surface area (Å²) in [7, 11) is 0. The maximum absolute atomic E-state index is 12.9. The fourth-order valence-corrected chi connectivity index (χ4v) is 2.06. The van der Waals surface area contributed by atoms with E-state index in [4.69, 9.17) is 11.6 Å². The zero-order valence-electron chi connectivity index (χ0n) is 10.1. The van der Waals surface area contributed by atoms with Gasteiger partial charge in [0.05, 0.1) is 22.5 Å². The number of hydrogen-bond donors (Lipinski definition) is 2. The SMILES string of the molecule is O=C(Nc1cnc2[nH]ccc2c1)c1c[c]c(F)cc1Cl. The Kier molecular flexibility index (Phi) is 3.12. The average Bonchev–Trinajstić information content (AvgIpc) is 2.85. The number of carbonyl (C=O) groups excluding carboxylic acids is 1. The van der Waals surface area contributed by atoms with E-state index in [9.17, 15) is 9.18 Å². The molecule has 3 aromatic rings. The molecular formula is C14H8ClFN3O. The van der Waals surface area contributed by atoms with E-state index in [2.05, 4.69) is 21.4 Å². The minimum Gasteiger partial charge on any atom is -0.346 e. The highest BCUT2D eigenvalue weighted by atomic mass is 35.5. The van der Waals surface area contributed by atoms with Crippen LogP contribution in [0.3, 0.4) is 0 Å². The van der Waals surface area contributed by atoms with Crippen molar-refractivity contribution in [3.05, 3.63) is 59.1 Å². The van der Waals surface area contributed by atoms with Gasteiger partial charge in [-0.2, -0.15) is 0 Å². The van der Waals surface area contributed by atoms with Gasteiger partial charge in [0.2, 0.25) is 0 Å². The largest absolute Gasteiger partial charge is 0.346 e. The number of rotatable bonds is 2. The first-order valence-corrected chi connectivity index (χ1v) is 6.12. The van der Waals surface area contributed by atoms with Crippen molar-refractivity contribution < 1.29 is 9.18 Å². The van der Waals surface area contributed by atoms with Gasteiger partial charge < -0.3 is 10.3 Å². The van der Waals surface area contributed by atoms with Gasteiger partial charge in [-0.25, -0.2) is 9.37 Å². The standard InChI is InChI=1S/C14H8ClFN3O/c15-12-6-9(16)1-2-11(12)14(20)19-10-5-8-3-4-17-13(8)18-7-10/h2-7H,(H,17,18)(H,19,20). The van der Waals surface area contributed by atoms with Crippen molar-refractivity contribution in [1.29, 1.82) is 0 Å². The van der Waals surface area contributed by atoms with Gasteiger partial charge in [-0.1, -0.05) is 11.6 Å². The minimum atomic E-state index is -0.609. The summed E-state index contributed by atoms with van der Waals surface area (Å²) >= 11 is 5.83. The summed E-state index contributed by atoms with van der Waals surface area (Å²) in [5.41, 5.74) is 1.42. The summed E-state index contributed by atoms with van der Waals surface area (Å²) in [6.45, 7) is 0. The van der Waals surface area contributed by atoms with Gasteiger partial charge in [-0.15, -0.1) is 0 Å². The maximum atomic E-state index is 12.9. The molecule has 99 valence electrons. The number of aromatic nitrogens is 2. The lowest BCUT2D eigenvalue weighted by atomic mass is 10.2. The molecule has 0 bridgehead atoms. The van der Waals surface area contributed by atoms with Gasteiger partial charge >= 0.3 is 0 Å². The summed E-state index contributed by atoms with van der Waals surface area (Å²) < 4.78 is 12.9. The number of halogens is 2. The first-order chi connectivity index (χ1) is 9.63. The predicted molar refractivity (Wildman–Crippen MR) is 74.3 cm³/mol.